The summed E-state index contributed by atoms with van der Waals surface area (Å²) in [4.78, 5) is 18.2. The molecule has 3 aromatic rings. The molecule has 0 radical (unpaired) electrons. The standard InChI is InChI=1S/C19H17ClN4O2/c20-14-7-2-1-6-13(14)19-22-17(26-23-19)12-21-15-8-3-4-9-16(15)24-11-5-10-18(24)25/h1-4,6-9,21H,5,10-12H2. The van der Waals surface area contributed by atoms with Crippen LogP contribution < -0.4 is 10.2 Å². The highest BCUT2D eigenvalue weighted by Gasteiger charge is 2.23. The fourth-order valence-electron chi connectivity index (χ4n) is 3.01. The van der Waals surface area contributed by atoms with Crippen LogP contribution in [-0.4, -0.2) is 22.6 Å². The van der Waals surface area contributed by atoms with Gasteiger partial charge in [-0.05, 0) is 30.7 Å². The normalized spacial score (nSPS) is 14.0. The van der Waals surface area contributed by atoms with E-state index < -0.39 is 0 Å². The van der Waals surface area contributed by atoms with Gasteiger partial charge in [-0.3, -0.25) is 4.79 Å². The van der Waals surface area contributed by atoms with Gasteiger partial charge in [-0.2, -0.15) is 4.98 Å². The predicted molar refractivity (Wildman–Crippen MR) is 100 cm³/mol. The Bertz CT molecular complexity index is 941. The molecule has 4 rings (SSSR count). The second kappa shape index (κ2) is 7.17. The maximum atomic E-state index is 12.0. The fraction of sp³-hybridized carbons (Fsp3) is 0.211. The number of amides is 1. The molecule has 1 N–H and O–H groups in total. The number of nitrogens with one attached hydrogen (secondary N) is 1. The molecule has 0 bridgehead atoms. The lowest BCUT2D eigenvalue weighted by molar-refractivity contribution is -0.117. The number of aromatic nitrogens is 2. The van der Waals surface area contributed by atoms with Crippen LogP contribution in [0.2, 0.25) is 5.02 Å². The van der Waals surface area contributed by atoms with Crippen molar-refractivity contribution in [1.82, 2.24) is 10.1 Å². The monoisotopic (exact) mass is 368 g/mol. The van der Waals surface area contributed by atoms with Crippen LogP contribution in [0.3, 0.4) is 0 Å². The number of nitrogens with zero attached hydrogens (tertiary/aromatic N) is 3. The lowest BCUT2D eigenvalue weighted by Gasteiger charge is -2.19. The van der Waals surface area contributed by atoms with Crippen molar-refractivity contribution in [3.63, 3.8) is 0 Å². The first-order valence-electron chi connectivity index (χ1n) is 8.43. The minimum atomic E-state index is 0.151. The number of benzene rings is 2. The van der Waals surface area contributed by atoms with E-state index in [1.807, 2.05) is 47.4 Å². The number of hydrogen-bond acceptors (Lipinski definition) is 5. The van der Waals surface area contributed by atoms with Gasteiger partial charge in [0, 0.05) is 18.5 Å². The second-order valence-electron chi connectivity index (χ2n) is 6.01. The number of carbonyl (C=O) groups excluding carboxylic acids is 1. The Morgan fingerprint density at radius 3 is 2.77 bits per heavy atom. The highest BCUT2D eigenvalue weighted by molar-refractivity contribution is 6.33. The van der Waals surface area contributed by atoms with Crippen LogP contribution >= 0.6 is 11.6 Å². The molecule has 132 valence electrons. The molecular formula is C19H17ClN4O2. The molecule has 26 heavy (non-hydrogen) atoms. The summed E-state index contributed by atoms with van der Waals surface area (Å²) in [7, 11) is 0. The molecule has 1 fully saturated rings. The summed E-state index contributed by atoms with van der Waals surface area (Å²) in [5.74, 6) is 1.05. The topological polar surface area (TPSA) is 71.3 Å². The molecule has 2 aromatic carbocycles. The average molecular weight is 369 g/mol. The van der Waals surface area contributed by atoms with Crippen LogP contribution in [-0.2, 0) is 11.3 Å². The van der Waals surface area contributed by atoms with E-state index in [1.165, 1.54) is 0 Å². The summed E-state index contributed by atoms with van der Waals surface area (Å²) < 4.78 is 5.32. The number of carbonyl (C=O) groups is 1. The largest absolute Gasteiger partial charge is 0.374 e. The van der Waals surface area contributed by atoms with E-state index in [4.69, 9.17) is 16.1 Å². The quantitative estimate of drug-likeness (QED) is 0.733. The zero-order valence-electron chi connectivity index (χ0n) is 14.0. The van der Waals surface area contributed by atoms with E-state index in [9.17, 15) is 4.79 Å². The molecule has 0 aliphatic carbocycles. The van der Waals surface area contributed by atoms with Gasteiger partial charge < -0.3 is 14.7 Å². The molecule has 1 aliphatic rings. The van der Waals surface area contributed by atoms with Crippen LogP contribution in [0.15, 0.2) is 53.1 Å². The Morgan fingerprint density at radius 1 is 1.15 bits per heavy atom. The maximum absolute atomic E-state index is 12.0. The molecule has 6 nitrogen and oxygen atoms in total. The van der Waals surface area contributed by atoms with Crippen LogP contribution in [0.5, 0.6) is 0 Å². The summed E-state index contributed by atoms with van der Waals surface area (Å²) >= 11 is 6.17. The highest BCUT2D eigenvalue weighted by Crippen LogP contribution is 2.30. The third kappa shape index (κ3) is 3.28. The summed E-state index contributed by atoms with van der Waals surface area (Å²) in [6, 6.07) is 15.1. The van der Waals surface area contributed by atoms with Crippen molar-refractivity contribution < 1.29 is 9.32 Å². The Morgan fingerprint density at radius 2 is 1.96 bits per heavy atom. The molecule has 2 heterocycles. The van der Waals surface area contributed by atoms with Gasteiger partial charge in [-0.15, -0.1) is 0 Å². The zero-order chi connectivity index (χ0) is 17.9. The van der Waals surface area contributed by atoms with Crippen LogP contribution in [0.25, 0.3) is 11.4 Å². The predicted octanol–water partition coefficient (Wildman–Crippen LogP) is 4.13. The van der Waals surface area contributed by atoms with Gasteiger partial charge >= 0.3 is 0 Å². The van der Waals surface area contributed by atoms with Gasteiger partial charge in [-0.25, -0.2) is 0 Å². The van der Waals surface area contributed by atoms with E-state index in [-0.39, 0.29) is 5.91 Å². The second-order valence-corrected chi connectivity index (χ2v) is 6.42. The van der Waals surface area contributed by atoms with Crippen molar-refractivity contribution in [1.29, 1.82) is 0 Å². The third-order valence-corrected chi connectivity index (χ3v) is 4.61. The number of rotatable bonds is 5. The maximum Gasteiger partial charge on any atom is 0.246 e. The van der Waals surface area contributed by atoms with Gasteiger partial charge in [0.2, 0.25) is 17.6 Å². The minimum absolute atomic E-state index is 0.151. The van der Waals surface area contributed by atoms with Gasteiger partial charge in [-0.1, -0.05) is 41.0 Å². The van der Waals surface area contributed by atoms with Crippen molar-refractivity contribution in [2.75, 3.05) is 16.8 Å². The van der Waals surface area contributed by atoms with E-state index >= 15 is 0 Å². The van der Waals surface area contributed by atoms with Crippen molar-refractivity contribution >= 4 is 28.9 Å². The lowest BCUT2D eigenvalue weighted by atomic mass is 10.2. The molecule has 0 unspecified atom stereocenters. The number of anilines is 2. The van der Waals surface area contributed by atoms with Crippen molar-refractivity contribution in [2.45, 2.75) is 19.4 Å². The molecular weight excluding hydrogens is 352 g/mol. The lowest BCUT2D eigenvalue weighted by Crippen LogP contribution is -2.24. The Labute approximate surface area is 155 Å². The third-order valence-electron chi connectivity index (χ3n) is 4.28. The molecule has 0 saturated carbocycles. The molecule has 1 aliphatic heterocycles. The van der Waals surface area contributed by atoms with Crippen molar-refractivity contribution in [2.24, 2.45) is 0 Å². The Balaban J connectivity index is 1.51. The molecule has 1 aromatic heterocycles. The highest BCUT2D eigenvalue weighted by atomic mass is 35.5. The summed E-state index contributed by atoms with van der Waals surface area (Å²) in [5, 5.41) is 7.85. The molecule has 1 amide bonds. The average Bonchev–Trinajstić information content (AvgIpc) is 3.30. The van der Waals surface area contributed by atoms with Gasteiger partial charge in [0.15, 0.2) is 0 Å². The first-order valence-corrected chi connectivity index (χ1v) is 8.81. The molecule has 1 saturated heterocycles. The van der Waals surface area contributed by atoms with Crippen LogP contribution in [0, 0.1) is 0 Å². The number of para-hydroxylation sites is 2. The summed E-state index contributed by atoms with van der Waals surface area (Å²) in [5.41, 5.74) is 2.47. The first kappa shape index (κ1) is 16.6. The van der Waals surface area contributed by atoms with Crippen LogP contribution in [0.1, 0.15) is 18.7 Å². The van der Waals surface area contributed by atoms with Crippen molar-refractivity contribution in [3.05, 3.63) is 59.4 Å². The minimum Gasteiger partial charge on any atom is -0.374 e. The SMILES string of the molecule is O=C1CCCN1c1ccccc1NCc1nc(-c2ccccc2Cl)no1. The summed E-state index contributed by atoms with van der Waals surface area (Å²) in [6.07, 6.45) is 1.48. The van der Waals surface area contributed by atoms with Crippen molar-refractivity contribution in [3.8, 4) is 11.4 Å². The smallest absolute Gasteiger partial charge is 0.246 e. The van der Waals surface area contributed by atoms with E-state index in [0.29, 0.717) is 29.7 Å². The van der Waals surface area contributed by atoms with Gasteiger partial charge in [0.1, 0.15) is 0 Å². The fourth-order valence-corrected chi connectivity index (χ4v) is 3.23. The molecule has 0 spiro atoms. The van der Waals surface area contributed by atoms with E-state index in [2.05, 4.69) is 15.5 Å². The Kier molecular flexibility index (Phi) is 4.58. The van der Waals surface area contributed by atoms with Gasteiger partial charge in [0.25, 0.3) is 0 Å². The summed E-state index contributed by atoms with van der Waals surface area (Å²) in [6.45, 7) is 1.10. The van der Waals surface area contributed by atoms with E-state index in [1.54, 1.807) is 6.07 Å². The van der Waals surface area contributed by atoms with Gasteiger partial charge in [0.05, 0.1) is 22.9 Å². The zero-order valence-corrected chi connectivity index (χ0v) is 14.7. The molecule has 7 heteroatoms. The number of hydrogen-bond donors (Lipinski definition) is 1. The van der Waals surface area contributed by atoms with Crippen LogP contribution in [0.4, 0.5) is 11.4 Å². The number of halogens is 1. The molecule has 0 atom stereocenters. The first-order chi connectivity index (χ1) is 12.7. The van der Waals surface area contributed by atoms with E-state index in [0.717, 1.165) is 29.9 Å². The Hall–Kier alpha value is -2.86.